The van der Waals surface area contributed by atoms with E-state index in [2.05, 4.69) is 86.8 Å². The average molecular weight is 873 g/mol. The van der Waals surface area contributed by atoms with Crippen molar-refractivity contribution in [2.45, 2.75) is 230 Å². The Bertz CT molecular complexity index is 1180. The van der Waals surface area contributed by atoms with Crippen LogP contribution >= 0.6 is 0 Å². The predicted molar refractivity (Wildman–Crippen MR) is 256 cm³/mol. The molecule has 1 heterocycles. The molecule has 0 amide bonds. The first-order valence-electron chi connectivity index (χ1n) is 25.0. The fourth-order valence-electron chi connectivity index (χ4n) is 7.26. The molecule has 1 aliphatic heterocycles. The number of hydrogen-bond donors (Lipinski definition) is 4. The van der Waals surface area contributed by atoms with E-state index in [9.17, 15) is 25.2 Å². The maximum absolute atomic E-state index is 12.8. The number of unbranched alkanes of at least 4 members (excludes halogenated alkanes) is 19. The molecule has 0 aromatic rings. The molecule has 0 saturated carbocycles. The number of carbonyl (C=O) groups is 1. The molecular weight excluding hydrogens is 781 g/mol. The van der Waals surface area contributed by atoms with Crippen molar-refractivity contribution in [2.75, 3.05) is 26.4 Å². The van der Waals surface area contributed by atoms with Crippen molar-refractivity contribution in [1.29, 1.82) is 0 Å². The van der Waals surface area contributed by atoms with Crippen molar-refractivity contribution in [3.8, 4) is 0 Å². The lowest BCUT2D eigenvalue weighted by molar-refractivity contribution is -0.305. The molecule has 1 aliphatic rings. The van der Waals surface area contributed by atoms with Gasteiger partial charge in [-0.25, -0.2) is 0 Å². The van der Waals surface area contributed by atoms with Gasteiger partial charge in [0, 0.05) is 6.42 Å². The van der Waals surface area contributed by atoms with Crippen LogP contribution in [0.2, 0.25) is 0 Å². The Hall–Kier alpha value is -2.37. The predicted octanol–water partition coefficient (Wildman–Crippen LogP) is 12.0. The van der Waals surface area contributed by atoms with Crippen LogP contribution in [0.3, 0.4) is 0 Å². The summed E-state index contributed by atoms with van der Waals surface area (Å²) >= 11 is 0. The second kappa shape index (κ2) is 43.9. The van der Waals surface area contributed by atoms with Gasteiger partial charge in [0.2, 0.25) is 0 Å². The van der Waals surface area contributed by atoms with Gasteiger partial charge in [-0.05, 0) is 70.6 Å². The molecule has 0 bridgehead atoms. The number of allylic oxidation sites excluding steroid dienone is 11. The lowest BCUT2D eigenvalue weighted by Gasteiger charge is -2.39. The summed E-state index contributed by atoms with van der Waals surface area (Å²) in [4.78, 5) is 12.8. The summed E-state index contributed by atoms with van der Waals surface area (Å²) in [6.45, 7) is 4.23. The van der Waals surface area contributed by atoms with Crippen LogP contribution in [-0.4, -0.2) is 89.6 Å². The van der Waals surface area contributed by atoms with Crippen LogP contribution in [0.4, 0.5) is 0 Å². The smallest absolute Gasteiger partial charge is 0.306 e. The highest BCUT2D eigenvalue weighted by molar-refractivity contribution is 5.69. The number of hydrogen-bond acceptors (Lipinski definition) is 9. The van der Waals surface area contributed by atoms with Crippen LogP contribution in [0.5, 0.6) is 0 Å². The molecule has 62 heavy (non-hydrogen) atoms. The van der Waals surface area contributed by atoms with Gasteiger partial charge in [-0.3, -0.25) is 4.79 Å². The van der Waals surface area contributed by atoms with E-state index in [1.165, 1.54) is 116 Å². The zero-order valence-corrected chi connectivity index (χ0v) is 39.3. The van der Waals surface area contributed by atoms with Crippen LogP contribution < -0.4 is 0 Å². The van der Waals surface area contributed by atoms with Crippen molar-refractivity contribution in [3.63, 3.8) is 0 Å². The Morgan fingerprint density at radius 2 is 0.984 bits per heavy atom. The molecule has 1 rings (SSSR count). The minimum absolute atomic E-state index is 0.0876. The van der Waals surface area contributed by atoms with Gasteiger partial charge in [-0.15, -0.1) is 0 Å². The molecule has 6 atom stereocenters. The first-order valence-corrected chi connectivity index (χ1v) is 25.0. The average Bonchev–Trinajstić information content (AvgIpc) is 3.27. The normalized spacial score (nSPS) is 20.4. The van der Waals surface area contributed by atoms with E-state index in [0.29, 0.717) is 19.4 Å². The van der Waals surface area contributed by atoms with Gasteiger partial charge >= 0.3 is 5.97 Å². The van der Waals surface area contributed by atoms with E-state index in [1.54, 1.807) is 0 Å². The molecule has 0 aromatic carbocycles. The van der Waals surface area contributed by atoms with Crippen molar-refractivity contribution < 1.29 is 44.2 Å². The topological polar surface area (TPSA) is 135 Å². The molecule has 0 aliphatic carbocycles. The largest absolute Gasteiger partial charge is 0.457 e. The molecule has 358 valence electrons. The summed E-state index contributed by atoms with van der Waals surface area (Å²) in [6, 6.07) is 0. The van der Waals surface area contributed by atoms with Gasteiger partial charge in [-0.2, -0.15) is 0 Å². The van der Waals surface area contributed by atoms with Crippen molar-refractivity contribution >= 4 is 5.97 Å². The summed E-state index contributed by atoms with van der Waals surface area (Å²) in [6.07, 6.45) is 51.0. The maximum atomic E-state index is 12.8. The highest BCUT2D eigenvalue weighted by atomic mass is 16.7. The van der Waals surface area contributed by atoms with Crippen LogP contribution in [0.25, 0.3) is 0 Å². The van der Waals surface area contributed by atoms with Gasteiger partial charge in [0.15, 0.2) is 6.29 Å². The molecule has 0 spiro atoms. The highest BCUT2D eigenvalue weighted by Crippen LogP contribution is 2.22. The second-order valence-corrected chi connectivity index (χ2v) is 16.9. The van der Waals surface area contributed by atoms with E-state index in [-0.39, 0.29) is 19.2 Å². The van der Waals surface area contributed by atoms with Gasteiger partial charge < -0.3 is 39.4 Å². The molecule has 0 aromatic heterocycles. The Balaban J connectivity index is 2.24. The lowest BCUT2D eigenvalue weighted by atomic mass is 9.99. The first-order chi connectivity index (χ1) is 30.4. The number of ether oxygens (including phenoxy) is 4. The van der Waals surface area contributed by atoms with Crippen LogP contribution in [0.15, 0.2) is 72.9 Å². The quantitative estimate of drug-likeness (QED) is 0.0269. The minimum atomic E-state index is -1.55. The van der Waals surface area contributed by atoms with Crippen molar-refractivity contribution in [3.05, 3.63) is 72.9 Å². The summed E-state index contributed by atoms with van der Waals surface area (Å²) < 4.78 is 22.7. The third kappa shape index (κ3) is 34.1. The van der Waals surface area contributed by atoms with Gasteiger partial charge in [0.25, 0.3) is 0 Å². The molecule has 4 N–H and O–H groups in total. The van der Waals surface area contributed by atoms with E-state index in [1.807, 2.05) is 0 Å². The Kier molecular flexibility index (Phi) is 40.8. The van der Waals surface area contributed by atoms with Crippen LogP contribution in [0.1, 0.15) is 194 Å². The Morgan fingerprint density at radius 3 is 1.48 bits per heavy atom. The number of carbonyl (C=O) groups excluding carboxylic acids is 1. The van der Waals surface area contributed by atoms with E-state index in [4.69, 9.17) is 18.9 Å². The van der Waals surface area contributed by atoms with Gasteiger partial charge in [0.05, 0.1) is 26.4 Å². The number of aliphatic hydroxyl groups excluding tert-OH is 4. The van der Waals surface area contributed by atoms with E-state index < -0.39 is 43.4 Å². The minimum Gasteiger partial charge on any atom is -0.457 e. The molecule has 9 nitrogen and oxygen atoms in total. The second-order valence-electron chi connectivity index (χ2n) is 16.9. The zero-order valence-electron chi connectivity index (χ0n) is 39.3. The van der Waals surface area contributed by atoms with Gasteiger partial charge in [-0.1, -0.05) is 189 Å². The number of aliphatic hydroxyl groups is 4. The molecule has 0 radical (unpaired) electrons. The van der Waals surface area contributed by atoms with Crippen LogP contribution in [-0.2, 0) is 23.7 Å². The third-order valence-corrected chi connectivity index (χ3v) is 11.1. The Morgan fingerprint density at radius 1 is 0.532 bits per heavy atom. The summed E-state index contributed by atoms with van der Waals surface area (Å²) in [5, 5.41) is 40.2. The number of esters is 1. The summed E-state index contributed by atoms with van der Waals surface area (Å²) in [5.41, 5.74) is 0. The fraction of sp³-hybridized carbons (Fsp3) is 0.755. The molecule has 1 fully saturated rings. The highest BCUT2D eigenvalue weighted by Gasteiger charge is 2.44. The standard InChI is InChI=1S/C53H92O9/c1-3-5-7-9-11-13-15-17-19-21-22-23-24-25-26-27-28-30-32-34-36-38-40-42-49(55)61-47(46-60-53-52(58)51(57)50(56)48(44-54)62-53)45-59-43-41-39-37-35-33-31-29-20-18-16-14-12-10-8-6-4-2/h6,8,12,14,18,20-22,31,33,37,39,47-48,50-54,56-58H,3-5,7,9-11,13,15-17,19,23-30,32,34-36,38,40-46H2,1-2H3/b8-6-,14-12-,20-18-,22-21-,33-31-,39-37-. The summed E-state index contributed by atoms with van der Waals surface area (Å²) in [5.74, 6) is -0.340. The van der Waals surface area contributed by atoms with Gasteiger partial charge in [0.1, 0.15) is 30.5 Å². The molecule has 1 saturated heterocycles. The monoisotopic (exact) mass is 873 g/mol. The summed E-state index contributed by atoms with van der Waals surface area (Å²) in [7, 11) is 0. The molecule has 9 heteroatoms. The Labute approximate surface area is 378 Å². The van der Waals surface area contributed by atoms with E-state index >= 15 is 0 Å². The maximum Gasteiger partial charge on any atom is 0.306 e. The molecule has 6 unspecified atom stereocenters. The van der Waals surface area contributed by atoms with Crippen LogP contribution in [0, 0.1) is 0 Å². The first kappa shape index (κ1) is 57.6. The molecular formula is C53H92O9. The third-order valence-electron chi connectivity index (χ3n) is 11.1. The number of rotatable bonds is 42. The lowest BCUT2D eigenvalue weighted by Crippen LogP contribution is -2.59. The van der Waals surface area contributed by atoms with E-state index in [0.717, 1.165) is 51.4 Å². The zero-order chi connectivity index (χ0) is 45.0. The SMILES string of the molecule is CC/C=C\C/C=C\C/C=C\C/C=C\C/C=C\CCOCC(COC1OC(CO)C(O)C(O)C1O)OC(=O)CCCCCCCCCCCCC/C=C\CCCCCCCCCC. The van der Waals surface area contributed by atoms with Crippen molar-refractivity contribution in [1.82, 2.24) is 0 Å². The fourth-order valence-corrected chi connectivity index (χ4v) is 7.26. The van der Waals surface area contributed by atoms with Crippen molar-refractivity contribution in [2.24, 2.45) is 0 Å².